The van der Waals surface area contributed by atoms with Gasteiger partial charge in [0.15, 0.2) is 0 Å². The molecule has 2 aliphatic rings. The van der Waals surface area contributed by atoms with Gasteiger partial charge in [-0.15, -0.1) is 12.4 Å². The van der Waals surface area contributed by atoms with Crippen molar-refractivity contribution in [2.24, 2.45) is 11.8 Å². The fourth-order valence-electron chi connectivity index (χ4n) is 3.11. The summed E-state index contributed by atoms with van der Waals surface area (Å²) >= 11 is 0. The lowest BCUT2D eigenvalue weighted by Gasteiger charge is -2.34. The van der Waals surface area contributed by atoms with E-state index in [0.717, 1.165) is 25.4 Å². The van der Waals surface area contributed by atoms with E-state index < -0.39 is 0 Å². The standard InChI is InChI=1S/C14H26N2O.ClH/c1-11-3-5-13(6-4-11)16(2)14(17)9-12-7-8-15-10-12;/h11-13,15H,3-10H2,1-2H3;1H. The SMILES string of the molecule is CC1CCC(N(C)C(=O)CC2CCNC2)CC1.Cl. The topological polar surface area (TPSA) is 32.3 Å². The van der Waals surface area contributed by atoms with Crippen LogP contribution in [0.1, 0.15) is 45.4 Å². The lowest BCUT2D eigenvalue weighted by atomic mass is 9.86. The van der Waals surface area contributed by atoms with Crippen molar-refractivity contribution in [1.29, 1.82) is 0 Å². The summed E-state index contributed by atoms with van der Waals surface area (Å²) in [5, 5.41) is 3.33. The minimum absolute atomic E-state index is 0. The molecule has 0 bridgehead atoms. The molecule has 0 aromatic rings. The zero-order chi connectivity index (χ0) is 12.3. The Bertz CT molecular complexity index is 259. The molecule has 18 heavy (non-hydrogen) atoms. The summed E-state index contributed by atoms with van der Waals surface area (Å²) in [5.41, 5.74) is 0. The average molecular weight is 275 g/mol. The highest BCUT2D eigenvalue weighted by molar-refractivity contribution is 5.85. The van der Waals surface area contributed by atoms with Gasteiger partial charge in [-0.25, -0.2) is 0 Å². The lowest BCUT2D eigenvalue weighted by Crippen LogP contribution is -2.40. The molecular formula is C14H27ClN2O. The van der Waals surface area contributed by atoms with Crippen LogP contribution >= 0.6 is 12.4 Å². The highest BCUT2D eigenvalue weighted by atomic mass is 35.5. The molecule has 0 aromatic carbocycles. The molecule has 106 valence electrons. The molecule has 1 saturated carbocycles. The molecular weight excluding hydrogens is 248 g/mol. The average Bonchev–Trinajstić information content (AvgIpc) is 2.82. The number of hydrogen-bond donors (Lipinski definition) is 1. The summed E-state index contributed by atoms with van der Waals surface area (Å²) in [6, 6.07) is 0.507. The van der Waals surface area contributed by atoms with Crippen LogP contribution in [-0.2, 0) is 4.79 Å². The first-order valence-electron chi connectivity index (χ1n) is 7.13. The van der Waals surface area contributed by atoms with E-state index in [1.807, 2.05) is 11.9 Å². The summed E-state index contributed by atoms with van der Waals surface area (Å²) in [4.78, 5) is 14.2. The zero-order valence-corrected chi connectivity index (χ0v) is 12.5. The van der Waals surface area contributed by atoms with Crippen molar-refractivity contribution in [2.75, 3.05) is 20.1 Å². The fourth-order valence-corrected chi connectivity index (χ4v) is 3.11. The minimum atomic E-state index is 0. The highest BCUT2D eigenvalue weighted by Gasteiger charge is 2.26. The second kappa shape index (κ2) is 7.34. The van der Waals surface area contributed by atoms with Gasteiger partial charge in [0.05, 0.1) is 0 Å². The molecule has 1 aliphatic carbocycles. The highest BCUT2D eigenvalue weighted by Crippen LogP contribution is 2.27. The molecule has 2 rings (SSSR count). The van der Waals surface area contributed by atoms with Crippen molar-refractivity contribution >= 4 is 18.3 Å². The van der Waals surface area contributed by atoms with E-state index in [9.17, 15) is 4.79 Å². The van der Waals surface area contributed by atoms with E-state index in [1.54, 1.807) is 0 Å². The molecule has 1 amide bonds. The van der Waals surface area contributed by atoms with Crippen LogP contribution in [0.25, 0.3) is 0 Å². The predicted octanol–water partition coefficient (Wildman–Crippen LogP) is 2.44. The van der Waals surface area contributed by atoms with Gasteiger partial charge in [0.2, 0.25) is 5.91 Å². The number of carbonyl (C=O) groups is 1. The Morgan fingerprint density at radius 3 is 2.44 bits per heavy atom. The molecule has 1 unspecified atom stereocenters. The van der Waals surface area contributed by atoms with E-state index in [2.05, 4.69) is 12.2 Å². The third-order valence-electron chi connectivity index (χ3n) is 4.55. The number of halogens is 1. The van der Waals surface area contributed by atoms with Crippen molar-refractivity contribution < 1.29 is 4.79 Å². The quantitative estimate of drug-likeness (QED) is 0.857. The molecule has 1 saturated heterocycles. The Labute approximate surface area is 117 Å². The number of amides is 1. The van der Waals surface area contributed by atoms with Gasteiger partial charge in [-0.05, 0) is 57.0 Å². The largest absolute Gasteiger partial charge is 0.343 e. The van der Waals surface area contributed by atoms with Crippen molar-refractivity contribution in [3.63, 3.8) is 0 Å². The van der Waals surface area contributed by atoms with Gasteiger partial charge in [-0.3, -0.25) is 4.79 Å². The van der Waals surface area contributed by atoms with Crippen LogP contribution in [0.4, 0.5) is 0 Å². The Hall–Kier alpha value is -0.280. The van der Waals surface area contributed by atoms with E-state index >= 15 is 0 Å². The molecule has 0 aromatic heterocycles. The van der Waals surface area contributed by atoms with Gasteiger partial charge in [0.1, 0.15) is 0 Å². The summed E-state index contributed by atoms with van der Waals surface area (Å²) in [6.07, 6.45) is 6.88. The second-order valence-electron chi connectivity index (χ2n) is 5.98. The summed E-state index contributed by atoms with van der Waals surface area (Å²) < 4.78 is 0. The maximum absolute atomic E-state index is 12.2. The van der Waals surface area contributed by atoms with Gasteiger partial charge in [0.25, 0.3) is 0 Å². The summed E-state index contributed by atoms with van der Waals surface area (Å²) in [6.45, 7) is 4.44. The third-order valence-corrected chi connectivity index (χ3v) is 4.55. The Kier molecular flexibility index (Phi) is 6.44. The summed E-state index contributed by atoms with van der Waals surface area (Å²) in [5.74, 6) is 1.79. The first-order chi connectivity index (χ1) is 8.16. The van der Waals surface area contributed by atoms with Crippen LogP contribution in [0.2, 0.25) is 0 Å². The van der Waals surface area contributed by atoms with Crippen LogP contribution in [0, 0.1) is 11.8 Å². The van der Waals surface area contributed by atoms with E-state index in [0.29, 0.717) is 17.9 Å². The smallest absolute Gasteiger partial charge is 0.222 e. The monoisotopic (exact) mass is 274 g/mol. The number of hydrogen-bond acceptors (Lipinski definition) is 2. The van der Waals surface area contributed by atoms with Crippen molar-refractivity contribution in [3.8, 4) is 0 Å². The van der Waals surface area contributed by atoms with Gasteiger partial charge < -0.3 is 10.2 Å². The van der Waals surface area contributed by atoms with E-state index in [-0.39, 0.29) is 12.4 Å². The Morgan fingerprint density at radius 1 is 1.22 bits per heavy atom. The number of rotatable bonds is 3. The Balaban J connectivity index is 0.00000162. The Morgan fingerprint density at radius 2 is 1.89 bits per heavy atom. The molecule has 2 fully saturated rings. The van der Waals surface area contributed by atoms with Crippen LogP contribution in [0.5, 0.6) is 0 Å². The fraction of sp³-hybridized carbons (Fsp3) is 0.929. The van der Waals surface area contributed by atoms with Crippen LogP contribution < -0.4 is 5.32 Å². The number of carbonyl (C=O) groups excluding carboxylic acids is 1. The van der Waals surface area contributed by atoms with Crippen LogP contribution in [-0.4, -0.2) is 37.0 Å². The van der Waals surface area contributed by atoms with E-state index in [4.69, 9.17) is 0 Å². The molecule has 3 nitrogen and oxygen atoms in total. The molecule has 1 aliphatic heterocycles. The first kappa shape index (κ1) is 15.8. The molecule has 4 heteroatoms. The van der Waals surface area contributed by atoms with Crippen LogP contribution in [0.15, 0.2) is 0 Å². The van der Waals surface area contributed by atoms with Gasteiger partial charge in [0, 0.05) is 19.5 Å². The van der Waals surface area contributed by atoms with Crippen molar-refractivity contribution in [3.05, 3.63) is 0 Å². The van der Waals surface area contributed by atoms with Crippen molar-refractivity contribution in [2.45, 2.75) is 51.5 Å². The van der Waals surface area contributed by atoms with Gasteiger partial charge in [-0.2, -0.15) is 0 Å². The predicted molar refractivity (Wildman–Crippen MR) is 77.0 cm³/mol. The summed E-state index contributed by atoms with van der Waals surface area (Å²) in [7, 11) is 2.01. The zero-order valence-electron chi connectivity index (χ0n) is 11.7. The molecule has 1 atom stereocenters. The second-order valence-corrected chi connectivity index (χ2v) is 5.98. The maximum atomic E-state index is 12.2. The normalized spacial score (nSPS) is 31.8. The maximum Gasteiger partial charge on any atom is 0.222 e. The van der Waals surface area contributed by atoms with Gasteiger partial charge in [-0.1, -0.05) is 6.92 Å². The molecule has 0 spiro atoms. The molecule has 1 heterocycles. The first-order valence-corrected chi connectivity index (χ1v) is 7.13. The lowest BCUT2D eigenvalue weighted by molar-refractivity contribution is -0.133. The molecule has 1 N–H and O–H groups in total. The third kappa shape index (κ3) is 4.13. The number of nitrogens with one attached hydrogen (secondary N) is 1. The van der Waals surface area contributed by atoms with E-state index in [1.165, 1.54) is 32.1 Å². The molecule has 0 radical (unpaired) electrons. The van der Waals surface area contributed by atoms with Crippen LogP contribution in [0.3, 0.4) is 0 Å². The van der Waals surface area contributed by atoms with Crippen molar-refractivity contribution in [1.82, 2.24) is 10.2 Å². The minimum Gasteiger partial charge on any atom is -0.343 e. The van der Waals surface area contributed by atoms with Gasteiger partial charge >= 0.3 is 0 Å². The number of nitrogens with zero attached hydrogens (tertiary/aromatic N) is 1.